The minimum atomic E-state index is -4.61. The predicted octanol–water partition coefficient (Wildman–Crippen LogP) is 3.65. The molecule has 1 aliphatic rings. The van der Waals surface area contributed by atoms with Gasteiger partial charge in [0.05, 0.1) is 0 Å². The van der Waals surface area contributed by atoms with Crippen LogP contribution in [0.5, 0.6) is 0 Å². The number of carbonyl (C=O) groups excluding carboxylic acids is 2. The molecule has 2 amide bonds. The summed E-state index contributed by atoms with van der Waals surface area (Å²) in [6.07, 6.45) is -6.10. The van der Waals surface area contributed by atoms with Crippen molar-refractivity contribution >= 4 is 12.0 Å². The molecule has 0 atom stereocenters. The van der Waals surface area contributed by atoms with Crippen LogP contribution in [0.3, 0.4) is 0 Å². The van der Waals surface area contributed by atoms with E-state index in [0.717, 1.165) is 5.56 Å². The van der Waals surface area contributed by atoms with Crippen molar-refractivity contribution in [3.05, 3.63) is 71.8 Å². The molecule has 1 saturated heterocycles. The summed E-state index contributed by atoms with van der Waals surface area (Å²) in [5.74, 6) is -0.663. The molecule has 6 nitrogen and oxygen atoms in total. The number of benzene rings is 2. The van der Waals surface area contributed by atoms with Crippen LogP contribution in [0.25, 0.3) is 0 Å². The third-order valence-electron chi connectivity index (χ3n) is 5.07. The summed E-state index contributed by atoms with van der Waals surface area (Å²) >= 11 is 0. The second-order valence-corrected chi connectivity index (χ2v) is 7.05. The van der Waals surface area contributed by atoms with Gasteiger partial charge < -0.3 is 9.64 Å². The molecule has 160 valence electrons. The molecule has 0 radical (unpaired) electrons. The van der Waals surface area contributed by atoms with E-state index in [9.17, 15) is 22.8 Å². The van der Waals surface area contributed by atoms with E-state index in [0.29, 0.717) is 0 Å². The van der Waals surface area contributed by atoms with Gasteiger partial charge in [-0.25, -0.2) is 10.2 Å². The zero-order valence-corrected chi connectivity index (χ0v) is 16.1. The van der Waals surface area contributed by atoms with Gasteiger partial charge in [-0.15, -0.1) is 0 Å². The van der Waals surface area contributed by atoms with Gasteiger partial charge in [-0.05, 0) is 30.5 Å². The third kappa shape index (κ3) is 5.10. The maximum absolute atomic E-state index is 13.8. The zero-order valence-electron chi connectivity index (χ0n) is 16.1. The molecule has 1 aliphatic heterocycles. The first-order valence-corrected chi connectivity index (χ1v) is 9.46. The van der Waals surface area contributed by atoms with Gasteiger partial charge in [0, 0.05) is 18.7 Å². The summed E-state index contributed by atoms with van der Waals surface area (Å²) in [4.78, 5) is 25.6. The molecule has 0 aliphatic carbocycles. The van der Waals surface area contributed by atoms with Gasteiger partial charge in [0.1, 0.15) is 12.1 Å². The Kier molecular flexibility index (Phi) is 6.61. The van der Waals surface area contributed by atoms with Crippen LogP contribution in [0.4, 0.5) is 18.0 Å². The fourth-order valence-electron chi connectivity index (χ4n) is 3.20. The van der Waals surface area contributed by atoms with Gasteiger partial charge in [0.15, 0.2) is 0 Å². The summed E-state index contributed by atoms with van der Waals surface area (Å²) in [7, 11) is 0. The van der Waals surface area contributed by atoms with Gasteiger partial charge in [0.2, 0.25) is 0 Å². The van der Waals surface area contributed by atoms with Crippen LogP contribution >= 0.6 is 0 Å². The van der Waals surface area contributed by atoms with Crippen LogP contribution in [0.1, 0.15) is 28.8 Å². The molecule has 1 fully saturated rings. The number of piperidine rings is 1. The normalized spacial score (nSPS) is 16.0. The van der Waals surface area contributed by atoms with Crippen molar-refractivity contribution in [1.29, 1.82) is 0 Å². The lowest BCUT2D eigenvalue weighted by Crippen LogP contribution is -2.66. The number of nitrogens with one attached hydrogen (secondary N) is 2. The molecule has 3 rings (SSSR count). The van der Waals surface area contributed by atoms with E-state index < -0.39 is 36.6 Å². The number of nitrogens with zero attached hydrogens (tertiary/aromatic N) is 1. The minimum absolute atomic E-state index is 0.0476. The third-order valence-corrected chi connectivity index (χ3v) is 5.07. The topological polar surface area (TPSA) is 70.7 Å². The first-order chi connectivity index (χ1) is 14.3. The Morgan fingerprint density at radius 3 is 2.10 bits per heavy atom. The Balaban J connectivity index is 1.57. The minimum Gasteiger partial charge on any atom is -0.445 e. The SMILES string of the molecule is O=C(NNC1(C(F)(F)F)CCN(C(=O)OCc2ccccc2)CC1)c1ccccc1. The number of alkyl halides is 3. The molecule has 0 bridgehead atoms. The maximum atomic E-state index is 13.8. The highest BCUT2D eigenvalue weighted by molar-refractivity contribution is 5.93. The maximum Gasteiger partial charge on any atom is 0.410 e. The fraction of sp³-hybridized carbons (Fsp3) is 0.333. The summed E-state index contributed by atoms with van der Waals surface area (Å²) in [5, 5.41) is 0. The van der Waals surface area contributed by atoms with Crippen molar-refractivity contribution in [2.75, 3.05) is 13.1 Å². The van der Waals surface area contributed by atoms with E-state index in [2.05, 4.69) is 10.9 Å². The van der Waals surface area contributed by atoms with Crippen LogP contribution in [-0.2, 0) is 11.3 Å². The zero-order chi connectivity index (χ0) is 21.6. The van der Waals surface area contributed by atoms with Crippen molar-refractivity contribution in [2.45, 2.75) is 31.2 Å². The molecule has 0 unspecified atom stereocenters. The molecular formula is C21H22F3N3O3. The summed E-state index contributed by atoms with van der Waals surface area (Å²) in [5.41, 5.74) is 3.05. The van der Waals surface area contributed by atoms with E-state index >= 15 is 0 Å². The molecule has 2 N–H and O–H groups in total. The van der Waals surface area contributed by atoms with Crippen molar-refractivity contribution in [2.24, 2.45) is 0 Å². The van der Waals surface area contributed by atoms with Crippen molar-refractivity contribution in [3.8, 4) is 0 Å². The van der Waals surface area contributed by atoms with E-state index in [-0.39, 0.29) is 25.3 Å². The second-order valence-electron chi connectivity index (χ2n) is 7.05. The number of carbonyl (C=O) groups is 2. The molecule has 30 heavy (non-hydrogen) atoms. The molecular weight excluding hydrogens is 399 g/mol. The Morgan fingerprint density at radius 1 is 0.967 bits per heavy atom. The van der Waals surface area contributed by atoms with E-state index in [1.54, 1.807) is 42.5 Å². The van der Waals surface area contributed by atoms with Gasteiger partial charge in [0.25, 0.3) is 5.91 Å². The number of halogens is 3. The molecule has 2 aromatic carbocycles. The first kappa shape index (κ1) is 21.6. The molecule has 9 heteroatoms. The van der Waals surface area contributed by atoms with Crippen molar-refractivity contribution in [3.63, 3.8) is 0 Å². The summed E-state index contributed by atoms with van der Waals surface area (Å²) in [6.45, 7) is -0.255. The number of rotatable bonds is 5. The Labute approximate surface area is 172 Å². The van der Waals surface area contributed by atoms with E-state index in [4.69, 9.17) is 4.74 Å². The number of hydrogen-bond donors (Lipinski definition) is 2. The predicted molar refractivity (Wildman–Crippen MR) is 103 cm³/mol. The van der Waals surface area contributed by atoms with Gasteiger partial charge in [-0.2, -0.15) is 13.2 Å². The standard InChI is InChI=1S/C21H22F3N3O3/c22-21(23,24)20(26-25-18(28)17-9-5-2-6-10-17)11-13-27(14-12-20)19(29)30-15-16-7-3-1-4-8-16/h1-10,26H,11-15H2,(H,25,28). The molecule has 2 aromatic rings. The van der Waals surface area contributed by atoms with Crippen LogP contribution in [0.15, 0.2) is 60.7 Å². The monoisotopic (exact) mass is 421 g/mol. The van der Waals surface area contributed by atoms with E-state index in [1.807, 2.05) is 6.07 Å². The smallest absolute Gasteiger partial charge is 0.410 e. The molecule has 0 spiro atoms. The fourth-order valence-corrected chi connectivity index (χ4v) is 3.20. The average molecular weight is 421 g/mol. The number of hydrogen-bond acceptors (Lipinski definition) is 4. The number of hydrazine groups is 1. The van der Waals surface area contributed by atoms with Crippen molar-refractivity contribution in [1.82, 2.24) is 15.8 Å². The number of likely N-dealkylation sites (tertiary alicyclic amines) is 1. The molecule has 1 heterocycles. The lowest BCUT2D eigenvalue weighted by atomic mass is 9.87. The van der Waals surface area contributed by atoms with Crippen molar-refractivity contribution < 1.29 is 27.5 Å². The number of ether oxygens (including phenoxy) is 1. The van der Waals surface area contributed by atoms with Crippen LogP contribution < -0.4 is 10.9 Å². The van der Waals surface area contributed by atoms with Gasteiger partial charge in [-0.1, -0.05) is 48.5 Å². The average Bonchev–Trinajstić information content (AvgIpc) is 2.76. The highest BCUT2D eigenvalue weighted by Crippen LogP contribution is 2.38. The highest BCUT2D eigenvalue weighted by atomic mass is 19.4. The molecule has 0 aromatic heterocycles. The van der Waals surface area contributed by atoms with Gasteiger partial charge in [-0.3, -0.25) is 10.2 Å². The van der Waals surface area contributed by atoms with Crippen LogP contribution in [0, 0.1) is 0 Å². The first-order valence-electron chi connectivity index (χ1n) is 9.46. The highest BCUT2D eigenvalue weighted by Gasteiger charge is 2.56. The lowest BCUT2D eigenvalue weighted by Gasteiger charge is -2.42. The summed E-state index contributed by atoms with van der Waals surface area (Å²) in [6, 6.07) is 17.0. The van der Waals surface area contributed by atoms with Crippen LogP contribution in [0.2, 0.25) is 0 Å². The quantitative estimate of drug-likeness (QED) is 0.723. The Morgan fingerprint density at radius 2 is 1.53 bits per heavy atom. The van der Waals surface area contributed by atoms with E-state index in [1.165, 1.54) is 17.0 Å². The lowest BCUT2D eigenvalue weighted by molar-refractivity contribution is -0.210. The largest absolute Gasteiger partial charge is 0.445 e. The molecule has 0 saturated carbocycles. The number of amides is 2. The van der Waals surface area contributed by atoms with Gasteiger partial charge >= 0.3 is 12.3 Å². The Hall–Kier alpha value is -3.07. The Bertz CT molecular complexity index is 852. The van der Waals surface area contributed by atoms with Crippen LogP contribution in [-0.4, -0.2) is 41.7 Å². The second kappa shape index (κ2) is 9.17. The summed E-state index contributed by atoms with van der Waals surface area (Å²) < 4.78 is 46.6.